The van der Waals surface area contributed by atoms with E-state index in [1.54, 1.807) is 72.8 Å². The zero-order chi connectivity index (χ0) is 36.6. The van der Waals surface area contributed by atoms with Gasteiger partial charge < -0.3 is 40.9 Å². The van der Waals surface area contributed by atoms with Crippen LogP contribution >= 0.6 is 0 Å². The van der Waals surface area contributed by atoms with Crippen LogP contribution in [0.1, 0.15) is 68.9 Å². The molecule has 0 bridgehead atoms. The molecule has 0 spiro atoms. The van der Waals surface area contributed by atoms with Crippen molar-refractivity contribution in [1.82, 2.24) is 0 Å². The Labute approximate surface area is 277 Å². The van der Waals surface area contributed by atoms with Gasteiger partial charge in [-0.2, -0.15) is 0 Å². The van der Waals surface area contributed by atoms with Crippen molar-refractivity contribution in [3.8, 4) is 0 Å². The molecule has 0 radical (unpaired) electrons. The van der Waals surface area contributed by atoms with E-state index in [0.29, 0.717) is 22.3 Å². The first-order valence-electron chi connectivity index (χ1n) is 14.3. The molecule has 4 rings (SSSR count). The molecule has 256 valence electrons. The third-order valence-corrected chi connectivity index (χ3v) is 6.37. The van der Waals surface area contributed by atoms with Crippen LogP contribution in [0.5, 0.6) is 0 Å². The second-order valence-electron chi connectivity index (χ2n) is 10.6. The van der Waals surface area contributed by atoms with Gasteiger partial charge in [0.2, 0.25) is 0 Å². The maximum atomic E-state index is 10.4. The van der Waals surface area contributed by atoms with Crippen LogP contribution in [-0.4, -0.2) is 64.7 Å². The summed E-state index contributed by atoms with van der Waals surface area (Å²) in [6, 6.07) is 27.2. The fraction of sp³-hybridized carbons (Fsp3) is 0.222. The normalized spacial score (nSPS) is 12.5. The number of hydrogen-bond acceptors (Lipinski definition) is 8. The Morgan fingerprint density at radius 2 is 0.542 bits per heavy atom. The summed E-state index contributed by atoms with van der Waals surface area (Å²) in [6.07, 6.45) is -5.65. The summed E-state index contributed by atoms with van der Waals surface area (Å²) in [5, 5.41) is 70.4. The van der Waals surface area contributed by atoms with Gasteiger partial charge in [0, 0.05) is 0 Å². The first-order chi connectivity index (χ1) is 22.4. The van der Waals surface area contributed by atoms with Gasteiger partial charge in [0.25, 0.3) is 0 Å². The van der Waals surface area contributed by atoms with Crippen LogP contribution < -0.4 is 0 Å². The van der Waals surface area contributed by atoms with Crippen molar-refractivity contribution in [2.24, 2.45) is 0 Å². The predicted molar refractivity (Wildman–Crippen MR) is 175 cm³/mol. The van der Waals surface area contributed by atoms with E-state index in [0.717, 1.165) is 22.3 Å². The Morgan fingerprint density at radius 3 is 0.667 bits per heavy atom. The fourth-order valence-corrected chi connectivity index (χ4v) is 3.93. The smallest absolute Gasteiger partial charge is 0.337 e. The molecular formula is C36H40O12. The van der Waals surface area contributed by atoms with Crippen molar-refractivity contribution in [2.75, 3.05) is 0 Å². The van der Waals surface area contributed by atoms with Crippen LogP contribution in [-0.2, 0) is 19.2 Å². The van der Waals surface area contributed by atoms with Gasteiger partial charge in [-0.1, -0.05) is 119 Å². The number of rotatable bonds is 8. The summed E-state index contributed by atoms with van der Waals surface area (Å²) >= 11 is 0. The lowest BCUT2D eigenvalue weighted by Crippen LogP contribution is -2.10. The zero-order valence-corrected chi connectivity index (χ0v) is 26.8. The van der Waals surface area contributed by atoms with Gasteiger partial charge in [0.1, 0.15) is 0 Å². The molecule has 48 heavy (non-hydrogen) atoms. The molecule has 0 aliphatic heterocycles. The number of carboxylic acid groups (broad SMARTS) is 4. The fourth-order valence-electron chi connectivity index (χ4n) is 3.93. The molecule has 0 saturated heterocycles. The minimum Gasteiger partial charge on any atom is -0.479 e. The van der Waals surface area contributed by atoms with Gasteiger partial charge in [0.05, 0.1) is 0 Å². The molecule has 0 unspecified atom stereocenters. The first kappa shape index (κ1) is 40.6. The summed E-state index contributed by atoms with van der Waals surface area (Å²) in [5.74, 6) is -4.89. The maximum Gasteiger partial charge on any atom is 0.337 e. The number of aryl methyl sites for hydroxylation is 4. The number of benzene rings is 4. The van der Waals surface area contributed by atoms with Crippen LogP contribution in [0.25, 0.3) is 0 Å². The number of aliphatic carboxylic acids is 4. The van der Waals surface area contributed by atoms with E-state index < -0.39 is 48.3 Å². The van der Waals surface area contributed by atoms with Crippen molar-refractivity contribution in [2.45, 2.75) is 52.1 Å². The monoisotopic (exact) mass is 664 g/mol. The molecule has 4 aromatic carbocycles. The Kier molecular flexibility index (Phi) is 16.9. The Morgan fingerprint density at radius 1 is 0.375 bits per heavy atom. The topological polar surface area (TPSA) is 230 Å². The molecule has 0 heterocycles. The highest BCUT2D eigenvalue weighted by atomic mass is 16.4. The lowest BCUT2D eigenvalue weighted by Gasteiger charge is -2.05. The third-order valence-electron chi connectivity index (χ3n) is 6.37. The van der Waals surface area contributed by atoms with E-state index in [2.05, 4.69) is 0 Å². The van der Waals surface area contributed by atoms with Gasteiger partial charge in [-0.25, -0.2) is 19.2 Å². The van der Waals surface area contributed by atoms with Crippen molar-refractivity contribution in [3.05, 3.63) is 142 Å². The number of aliphatic hydroxyl groups is 4. The zero-order valence-electron chi connectivity index (χ0n) is 26.8. The van der Waals surface area contributed by atoms with Crippen LogP contribution in [0.15, 0.2) is 97.1 Å². The maximum absolute atomic E-state index is 10.4. The number of carbonyl (C=O) groups is 4. The summed E-state index contributed by atoms with van der Waals surface area (Å²) in [5.41, 5.74) is 5.43. The minimum atomic E-state index is -1.41. The van der Waals surface area contributed by atoms with Crippen molar-refractivity contribution < 1.29 is 60.0 Å². The van der Waals surface area contributed by atoms with Crippen molar-refractivity contribution in [1.29, 1.82) is 0 Å². The average molecular weight is 665 g/mol. The summed E-state index contributed by atoms with van der Waals surface area (Å²) < 4.78 is 0. The van der Waals surface area contributed by atoms with E-state index in [-0.39, 0.29) is 0 Å². The molecule has 0 saturated carbocycles. The molecule has 12 heteroatoms. The van der Waals surface area contributed by atoms with Gasteiger partial charge in [0.15, 0.2) is 24.4 Å². The molecule has 0 amide bonds. The SMILES string of the molecule is Cc1cccc([C@H](O)C(=O)O)c1.Cc1cccc([C@H](O)C(=O)O)c1.Cc1cccc([C@H](O)C(=O)O)c1.Cc1cccc([C@H](O)C(=O)O)c1. The van der Waals surface area contributed by atoms with Crippen molar-refractivity contribution in [3.63, 3.8) is 0 Å². The molecular weight excluding hydrogens is 624 g/mol. The molecule has 0 aliphatic rings. The van der Waals surface area contributed by atoms with Gasteiger partial charge in [-0.05, 0) is 49.9 Å². The van der Waals surface area contributed by atoms with E-state index >= 15 is 0 Å². The lowest BCUT2D eigenvalue weighted by atomic mass is 10.1. The van der Waals surface area contributed by atoms with Gasteiger partial charge in [-0.15, -0.1) is 0 Å². The van der Waals surface area contributed by atoms with Gasteiger partial charge in [-0.3, -0.25) is 0 Å². The Balaban J connectivity index is 0.000000320. The molecule has 8 N–H and O–H groups in total. The highest BCUT2D eigenvalue weighted by Crippen LogP contribution is 2.16. The summed E-state index contributed by atoms with van der Waals surface area (Å²) in [4.78, 5) is 41.4. The predicted octanol–water partition coefficient (Wildman–Crippen LogP) is 4.45. The highest BCUT2D eigenvalue weighted by molar-refractivity contribution is 5.75. The van der Waals surface area contributed by atoms with Crippen LogP contribution in [0.2, 0.25) is 0 Å². The minimum absolute atomic E-state index is 0.419. The van der Waals surface area contributed by atoms with E-state index in [4.69, 9.17) is 40.9 Å². The van der Waals surface area contributed by atoms with E-state index in [1.165, 1.54) is 0 Å². The Hall–Kier alpha value is -5.40. The van der Waals surface area contributed by atoms with Crippen LogP contribution in [0, 0.1) is 27.7 Å². The molecule has 12 nitrogen and oxygen atoms in total. The second-order valence-corrected chi connectivity index (χ2v) is 10.6. The average Bonchev–Trinajstić information content (AvgIpc) is 3.04. The largest absolute Gasteiger partial charge is 0.479 e. The van der Waals surface area contributed by atoms with E-state index in [9.17, 15) is 19.2 Å². The molecule has 0 aromatic heterocycles. The van der Waals surface area contributed by atoms with Gasteiger partial charge >= 0.3 is 23.9 Å². The summed E-state index contributed by atoms with van der Waals surface area (Å²) in [6.45, 7) is 7.38. The molecule has 4 aromatic rings. The molecule has 4 atom stereocenters. The lowest BCUT2D eigenvalue weighted by molar-refractivity contribution is -0.147. The van der Waals surface area contributed by atoms with Crippen LogP contribution in [0.4, 0.5) is 0 Å². The third kappa shape index (κ3) is 14.4. The number of aliphatic hydroxyl groups excluding tert-OH is 4. The second kappa shape index (κ2) is 20.0. The standard InChI is InChI=1S/4C9H10O3/c4*1-6-3-2-4-7(5-6)8(10)9(11)12/h4*2-5,8,10H,1H3,(H,11,12)/t4*8-/m0000/s1. The molecule has 0 fully saturated rings. The molecule has 0 aliphatic carbocycles. The van der Waals surface area contributed by atoms with E-state index in [1.807, 2.05) is 52.0 Å². The quantitative estimate of drug-likeness (QED) is 0.131. The van der Waals surface area contributed by atoms with Crippen molar-refractivity contribution >= 4 is 23.9 Å². The number of hydrogen-bond donors (Lipinski definition) is 8. The highest BCUT2D eigenvalue weighted by Gasteiger charge is 2.17. The van der Waals surface area contributed by atoms with Crippen LogP contribution in [0.3, 0.4) is 0 Å². The number of carboxylic acids is 4. The first-order valence-corrected chi connectivity index (χ1v) is 14.3. The Bertz CT molecular complexity index is 1420. The summed E-state index contributed by atoms with van der Waals surface area (Å²) in [7, 11) is 0.